The highest BCUT2D eigenvalue weighted by molar-refractivity contribution is 5.67. The van der Waals surface area contributed by atoms with E-state index in [4.69, 9.17) is 0 Å². The third kappa shape index (κ3) is 3.56. The van der Waals surface area contributed by atoms with E-state index in [0.29, 0.717) is 5.92 Å². The minimum atomic E-state index is -0.0200. The molecule has 31 heavy (non-hydrogen) atoms. The first-order valence-electron chi connectivity index (χ1n) is 12.4. The molecule has 2 nitrogen and oxygen atoms in total. The number of hydrogen-bond acceptors (Lipinski definition) is 2. The highest BCUT2D eigenvalue weighted by Gasteiger charge is 2.37. The lowest BCUT2D eigenvalue weighted by molar-refractivity contribution is 0.381. The maximum absolute atomic E-state index is 2.63. The molecule has 2 aliphatic heterocycles. The Morgan fingerprint density at radius 2 is 1.84 bits per heavy atom. The highest BCUT2D eigenvalue weighted by atomic mass is 15.2. The number of aryl methyl sites for hydroxylation is 1. The number of nitrogens with zero attached hydrogens (tertiary/aromatic N) is 2. The second kappa shape index (κ2) is 7.87. The van der Waals surface area contributed by atoms with Crippen molar-refractivity contribution >= 4 is 11.4 Å². The molecule has 2 heterocycles. The Labute approximate surface area is 190 Å². The molecule has 0 saturated carbocycles. The summed E-state index contributed by atoms with van der Waals surface area (Å²) >= 11 is 0. The van der Waals surface area contributed by atoms with E-state index in [1.807, 2.05) is 0 Å². The van der Waals surface area contributed by atoms with E-state index >= 15 is 0 Å². The predicted molar refractivity (Wildman–Crippen MR) is 136 cm³/mol. The molecule has 0 N–H and O–H groups in total. The van der Waals surface area contributed by atoms with Gasteiger partial charge in [-0.15, -0.1) is 0 Å². The average molecular weight is 419 g/mol. The van der Waals surface area contributed by atoms with E-state index in [-0.39, 0.29) is 11.0 Å². The van der Waals surface area contributed by atoms with Crippen LogP contribution in [0.1, 0.15) is 95.0 Å². The first-order chi connectivity index (χ1) is 14.6. The summed E-state index contributed by atoms with van der Waals surface area (Å²) < 4.78 is 0. The van der Waals surface area contributed by atoms with Crippen LogP contribution >= 0.6 is 0 Å². The Morgan fingerprint density at radius 3 is 2.52 bits per heavy atom. The van der Waals surface area contributed by atoms with Crippen molar-refractivity contribution in [1.29, 1.82) is 0 Å². The Morgan fingerprint density at radius 1 is 1.10 bits per heavy atom. The van der Waals surface area contributed by atoms with Crippen LogP contribution in [-0.2, 0) is 18.3 Å². The standard InChI is InChI=1S/C29H42N2/c1-9-21-13-16-25(24-12-11-17-30(8)27(21)24)29(6,7)22-14-15-23-20(3)19-28(4,5)31(10-2)26(23)18-22/h13-16,18,20H,9-12,17,19H2,1-8H3. The first kappa shape index (κ1) is 22.2. The van der Waals surface area contributed by atoms with Gasteiger partial charge < -0.3 is 9.80 Å². The molecule has 0 bridgehead atoms. The minimum Gasteiger partial charge on any atom is -0.374 e. The fraction of sp³-hybridized carbons (Fsp3) is 0.586. The molecule has 1 atom stereocenters. The zero-order valence-electron chi connectivity index (χ0n) is 21.1. The lowest BCUT2D eigenvalue weighted by Crippen LogP contribution is -2.48. The highest BCUT2D eigenvalue weighted by Crippen LogP contribution is 2.47. The average Bonchev–Trinajstić information content (AvgIpc) is 2.72. The van der Waals surface area contributed by atoms with Crippen molar-refractivity contribution in [3.63, 3.8) is 0 Å². The maximum Gasteiger partial charge on any atom is 0.0431 e. The van der Waals surface area contributed by atoms with Gasteiger partial charge in [-0.25, -0.2) is 0 Å². The fourth-order valence-corrected chi connectivity index (χ4v) is 6.52. The van der Waals surface area contributed by atoms with Crippen LogP contribution in [0.2, 0.25) is 0 Å². The van der Waals surface area contributed by atoms with Gasteiger partial charge in [-0.2, -0.15) is 0 Å². The Bertz CT molecular complexity index is 969. The van der Waals surface area contributed by atoms with Crippen molar-refractivity contribution in [3.8, 4) is 0 Å². The molecule has 2 heteroatoms. The van der Waals surface area contributed by atoms with Crippen LogP contribution in [0.15, 0.2) is 30.3 Å². The van der Waals surface area contributed by atoms with E-state index in [0.717, 1.165) is 13.0 Å². The van der Waals surface area contributed by atoms with Crippen molar-refractivity contribution in [3.05, 3.63) is 58.1 Å². The van der Waals surface area contributed by atoms with E-state index in [2.05, 4.69) is 95.6 Å². The monoisotopic (exact) mass is 418 g/mol. The van der Waals surface area contributed by atoms with Gasteiger partial charge in [-0.3, -0.25) is 0 Å². The molecule has 2 aromatic rings. The molecule has 0 aliphatic carbocycles. The maximum atomic E-state index is 2.63. The second-order valence-corrected chi connectivity index (χ2v) is 11.0. The van der Waals surface area contributed by atoms with Gasteiger partial charge in [0, 0.05) is 42.5 Å². The second-order valence-electron chi connectivity index (χ2n) is 11.0. The molecule has 0 fully saturated rings. The van der Waals surface area contributed by atoms with Crippen LogP contribution in [-0.4, -0.2) is 25.7 Å². The lowest BCUT2D eigenvalue weighted by atomic mass is 9.72. The van der Waals surface area contributed by atoms with Crippen LogP contribution in [0.5, 0.6) is 0 Å². The Hall–Kier alpha value is -1.96. The molecule has 0 spiro atoms. The number of anilines is 2. The van der Waals surface area contributed by atoms with Crippen molar-refractivity contribution in [2.24, 2.45) is 0 Å². The molecule has 4 rings (SSSR count). The van der Waals surface area contributed by atoms with Crippen LogP contribution in [0.3, 0.4) is 0 Å². The molecule has 0 saturated heterocycles. The van der Waals surface area contributed by atoms with E-state index in [1.54, 1.807) is 5.56 Å². The number of hydrogen-bond donors (Lipinski definition) is 0. The molecule has 2 aromatic carbocycles. The summed E-state index contributed by atoms with van der Waals surface area (Å²) in [5, 5.41) is 0. The molecule has 168 valence electrons. The summed E-state index contributed by atoms with van der Waals surface area (Å²) in [7, 11) is 2.27. The molecule has 1 unspecified atom stereocenters. The normalized spacial score (nSPS) is 20.5. The SMILES string of the molecule is CCc1ccc(C(C)(C)c2ccc3c(c2)N(CC)C(C)(C)CC3C)c2c1N(C)CCC2. The number of rotatable bonds is 4. The van der Waals surface area contributed by atoms with Crippen LogP contribution in [0.25, 0.3) is 0 Å². The van der Waals surface area contributed by atoms with Crippen molar-refractivity contribution in [1.82, 2.24) is 0 Å². The van der Waals surface area contributed by atoms with Gasteiger partial charge >= 0.3 is 0 Å². The number of fused-ring (bicyclic) bond motifs is 2. The quantitative estimate of drug-likeness (QED) is 0.524. The van der Waals surface area contributed by atoms with Gasteiger partial charge in [0.1, 0.15) is 0 Å². The fourth-order valence-electron chi connectivity index (χ4n) is 6.52. The topological polar surface area (TPSA) is 6.48 Å². The summed E-state index contributed by atoms with van der Waals surface area (Å²) in [4.78, 5) is 5.12. The third-order valence-electron chi connectivity index (χ3n) is 8.15. The smallest absolute Gasteiger partial charge is 0.0431 e. The summed E-state index contributed by atoms with van der Waals surface area (Å²) in [6.07, 6.45) is 4.77. The molecule has 0 aromatic heterocycles. The van der Waals surface area contributed by atoms with Crippen molar-refractivity contribution in [2.45, 2.75) is 91.0 Å². The van der Waals surface area contributed by atoms with E-state index < -0.39 is 0 Å². The zero-order valence-corrected chi connectivity index (χ0v) is 21.1. The van der Waals surface area contributed by atoms with E-state index in [9.17, 15) is 0 Å². The van der Waals surface area contributed by atoms with Crippen LogP contribution in [0, 0.1) is 0 Å². The lowest BCUT2D eigenvalue weighted by Gasteiger charge is -2.48. The summed E-state index contributed by atoms with van der Waals surface area (Å²) in [5.41, 5.74) is 10.7. The van der Waals surface area contributed by atoms with Crippen molar-refractivity contribution < 1.29 is 0 Å². The van der Waals surface area contributed by atoms with Gasteiger partial charge in [0.05, 0.1) is 0 Å². The summed E-state index contributed by atoms with van der Waals surface area (Å²) in [6.45, 7) is 18.9. The predicted octanol–water partition coefficient (Wildman–Crippen LogP) is 7.07. The first-order valence-corrected chi connectivity index (χ1v) is 12.4. The van der Waals surface area contributed by atoms with Gasteiger partial charge in [0.15, 0.2) is 0 Å². The largest absolute Gasteiger partial charge is 0.374 e. The minimum absolute atomic E-state index is 0.0200. The summed E-state index contributed by atoms with van der Waals surface area (Å²) in [6, 6.07) is 12.2. The Kier molecular flexibility index (Phi) is 5.65. The zero-order chi connectivity index (χ0) is 22.6. The van der Waals surface area contributed by atoms with Gasteiger partial charge in [0.2, 0.25) is 0 Å². The van der Waals surface area contributed by atoms with Gasteiger partial charge in [0.25, 0.3) is 0 Å². The van der Waals surface area contributed by atoms with Gasteiger partial charge in [-0.1, -0.05) is 52.0 Å². The van der Waals surface area contributed by atoms with Crippen LogP contribution in [0.4, 0.5) is 11.4 Å². The number of benzene rings is 2. The third-order valence-corrected chi connectivity index (χ3v) is 8.15. The molecule has 2 aliphatic rings. The summed E-state index contributed by atoms with van der Waals surface area (Å²) in [5.74, 6) is 0.607. The molecular weight excluding hydrogens is 376 g/mol. The van der Waals surface area contributed by atoms with Gasteiger partial charge in [-0.05, 0) is 86.3 Å². The van der Waals surface area contributed by atoms with Crippen LogP contribution < -0.4 is 9.80 Å². The molecule has 0 amide bonds. The Balaban J connectivity index is 1.85. The van der Waals surface area contributed by atoms with E-state index in [1.165, 1.54) is 59.4 Å². The molecular formula is C29H42N2. The van der Waals surface area contributed by atoms with Crippen molar-refractivity contribution in [2.75, 3.05) is 29.9 Å². The molecule has 0 radical (unpaired) electrons.